The summed E-state index contributed by atoms with van der Waals surface area (Å²) >= 11 is 12.2. The molecule has 1 heterocycles. The Morgan fingerprint density at radius 1 is 0.971 bits per heavy atom. The van der Waals surface area contributed by atoms with E-state index in [4.69, 9.17) is 23.2 Å². The molecule has 11 heteroatoms. The number of hydrazone groups is 1. The molecule has 4 rings (SSSR count). The van der Waals surface area contributed by atoms with Crippen LogP contribution < -0.4 is 0 Å². The van der Waals surface area contributed by atoms with E-state index in [0.29, 0.717) is 22.9 Å². The van der Waals surface area contributed by atoms with Gasteiger partial charge in [-0.3, -0.25) is 0 Å². The molecule has 1 aliphatic rings. The maximum atomic E-state index is 12.8. The zero-order valence-corrected chi connectivity index (χ0v) is 19.6. The number of amidine groups is 1. The van der Waals surface area contributed by atoms with E-state index >= 15 is 0 Å². The number of benzene rings is 3. The van der Waals surface area contributed by atoms with Gasteiger partial charge in [-0.1, -0.05) is 54.1 Å². The molecule has 0 spiro atoms. The molecule has 0 amide bonds. The quantitative estimate of drug-likeness (QED) is 0.233. The van der Waals surface area contributed by atoms with Gasteiger partial charge < -0.3 is 0 Å². The molecule has 0 bridgehead atoms. The zero-order valence-electron chi connectivity index (χ0n) is 17.2. The second-order valence-electron chi connectivity index (χ2n) is 7.40. The molecule has 0 saturated heterocycles. The second kappa shape index (κ2) is 9.40. The maximum absolute atomic E-state index is 12.8. The van der Waals surface area contributed by atoms with E-state index in [1.807, 2.05) is 30.3 Å². The van der Waals surface area contributed by atoms with E-state index in [1.54, 1.807) is 24.3 Å². The SMILES string of the molecule is O=S(=O)(/N=C(\Cl)N1CC(c2ccccc2)C(c2ccc(Cl)cc2)=N1)c1ccc(C(F)(F)F)cc1. The molecule has 0 saturated carbocycles. The predicted octanol–water partition coefficient (Wildman–Crippen LogP) is 6.15. The minimum atomic E-state index is -4.59. The number of hydrogen-bond acceptors (Lipinski definition) is 3. The molecule has 176 valence electrons. The summed E-state index contributed by atoms with van der Waals surface area (Å²) in [5, 5.41) is 5.88. The summed E-state index contributed by atoms with van der Waals surface area (Å²) in [5.41, 5.74) is 1.39. The molecule has 5 nitrogen and oxygen atoms in total. The summed E-state index contributed by atoms with van der Waals surface area (Å²) in [6.45, 7) is 0.215. The average Bonchev–Trinajstić information content (AvgIpc) is 3.25. The van der Waals surface area contributed by atoms with Crippen LogP contribution in [0.5, 0.6) is 0 Å². The fraction of sp³-hybridized carbons (Fsp3) is 0.130. The van der Waals surface area contributed by atoms with E-state index < -0.39 is 32.0 Å². The standard InChI is InChI=1S/C23H16Cl2F3N3O2S/c24-18-10-6-16(7-11-18)21-20(15-4-2-1-3-5-15)14-31(29-21)22(25)30-34(32,33)19-12-8-17(9-13-19)23(26,27)28/h1-13,20H,14H2/b30-22+. The first-order chi connectivity index (χ1) is 16.0. The van der Waals surface area contributed by atoms with Crippen LogP contribution >= 0.6 is 23.2 Å². The minimum absolute atomic E-state index is 0.215. The van der Waals surface area contributed by atoms with Crippen LogP contribution in [0.15, 0.2) is 93.3 Å². The van der Waals surface area contributed by atoms with Crippen LogP contribution in [0.3, 0.4) is 0 Å². The highest BCUT2D eigenvalue weighted by molar-refractivity contribution is 7.90. The number of hydrogen-bond donors (Lipinski definition) is 0. The van der Waals surface area contributed by atoms with Crippen LogP contribution in [0.25, 0.3) is 0 Å². The Bertz CT molecular complexity index is 1340. The number of sulfonamides is 1. The summed E-state index contributed by atoms with van der Waals surface area (Å²) in [4.78, 5) is -0.417. The third-order valence-corrected chi connectivity index (χ3v) is 7.06. The lowest BCUT2D eigenvalue weighted by atomic mass is 9.91. The van der Waals surface area contributed by atoms with Crippen molar-refractivity contribution in [2.75, 3.05) is 6.54 Å². The second-order valence-corrected chi connectivity index (χ2v) is 9.77. The lowest BCUT2D eigenvalue weighted by Gasteiger charge is -2.15. The van der Waals surface area contributed by atoms with Crippen molar-refractivity contribution in [2.24, 2.45) is 9.50 Å². The van der Waals surface area contributed by atoms with Gasteiger partial charge in [-0.05, 0) is 59.1 Å². The number of alkyl halides is 3. The summed E-state index contributed by atoms with van der Waals surface area (Å²) < 4.78 is 67.2. The highest BCUT2D eigenvalue weighted by atomic mass is 35.5. The topological polar surface area (TPSA) is 62.1 Å². The largest absolute Gasteiger partial charge is 0.416 e. The third-order valence-electron chi connectivity index (χ3n) is 5.14. The van der Waals surface area contributed by atoms with Crippen molar-refractivity contribution in [3.63, 3.8) is 0 Å². The Morgan fingerprint density at radius 3 is 2.18 bits per heavy atom. The molecule has 0 aliphatic carbocycles. The average molecular weight is 526 g/mol. The summed E-state index contributed by atoms with van der Waals surface area (Å²) in [6, 6.07) is 19.5. The Kier molecular flexibility index (Phi) is 6.71. The molecule has 1 unspecified atom stereocenters. The molecule has 0 N–H and O–H groups in total. The molecule has 0 radical (unpaired) electrons. The van der Waals surface area contributed by atoms with Crippen molar-refractivity contribution in [1.82, 2.24) is 5.01 Å². The van der Waals surface area contributed by atoms with Gasteiger partial charge in [-0.15, -0.1) is 4.40 Å². The van der Waals surface area contributed by atoms with Crippen molar-refractivity contribution in [2.45, 2.75) is 17.0 Å². The first kappa shape index (κ1) is 24.3. The monoisotopic (exact) mass is 525 g/mol. The van der Waals surface area contributed by atoms with Crippen molar-refractivity contribution >= 4 is 44.2 Å². The summed E-state index contributed by atoms with van der Waals surface area (Å²) in [5.74, 6) is -0.236. The van der Waals surface area contributed by atoms with E-state index in [-0.39, 0.29) is 12.5 Å². The fourth-order valence-corrected chi connectivity index (χ4v) is 4.84. The van der Waals surface area contributed by atoms with Crippen molar-refractivity contribution in [3.8, 4) is 0 Å². The molecule has 1 aliphatic heterocycles. The van der Waals surface area contributed by atoms with Gasteiger partial charge in [0.1, 0.15) is 0 Å². The lowest BCUT2D eigenvalue weighted by Crippen LogP contribution is -2.23. The Balaban J connectivity index is 1.66. The Hall–Kier alpha value is -2.88. The molecule has 3 aromatic carbocycles. The minimum Gasteiger partial charge on any atom is -0.236 e. The molecule has 0 fully saturated rings. The van der Waals surface area contributed by atoms with E-state index in [0.717, 1.165) is 23.3 Å². The number of rotatable bonds is 4. The summed E-state index contributed by atoms with van der Waals surface area (Å²) in [7, 11) is -4.37. The van der Waals surface area contributed by atoms with Crippen molar-refractivity contribution in [3.05, 3.63) is 101 Å². The van der Waals surface area contributed by atoms with Gasteiger partial charge in [0.2, 0.25) is 5.29 Å². The predicted molar refractivity (Wildman–Crippen MR) is 126 cm³/mol. The van der Waals surface area contributed by atoms with E-state index in [9.17, 15) is 21.6 Å². The van der Waals surface area contributed by atoms with Gasteiger partial charge in [0.25, 0.3) is 10.0 Å². The number of halogens is 5. The van der Waals surface area contributed by atoms with Gasteiger partial charge in [0, 0.05) is 10.9 Å². The smallest absolute Gasteiger partial charge is 0.236 e. The van der Waals surface area contributed by atoms with Crippen LogP contribution in [0.4, 0.5) is 13.2 Å². The molecular formula is C23H16Cl2F3N3O2S. The normalized spacial score (nSPS) is 17.1. The fourth-order valence-electron chi connectivity index (χ4n) is 3.46. The molecule has 34 heavy (non-hydrogen) atoms. The molecule has 0 aromatic heterocycles. The van der Waals surface area contributed by atoms with Crippen LogP contribution in [0, 0.1) is 0 Å². The number of nitrogens with zero attached hydrogens (tertiary/aromatic N) is 3. The Labute approximate surface area is 204 Å². The molecule has 3 aromatic rings. The maximum Gasteiger partial charge on any atom is 0.416 e. The van der Waals surface area contributed by atoms with Gasteiger partial charge in [-0.2, -0.15) is 26.7 Å². The molecular weight excluding hydrogens is 510 g/mol. The van der Waals surface area contributed by atoms with Gasteiger partial charge in [0.05, 0.1) is 22.7 Å². The van der Waals surface area contributed by atoms with Crippen LogP contribution in [-0.4, -0.2) is 31.0 Å². The third kappa shape index (κ3) is 5.27. The van der Waals surface area contributed by atoms with Gasteiger partial charge in [0.15, 0.2) is 0 Å². The van der Waals surface area contributed by atoms with Crippen molar-refractivity contribution in [1.29, 1.82) is 0 Å². The van der Waals surface area contributed by atoms with Crippen LogP contribution in [-0.2, 0) is 16.2 Å². The highest BCUT2D eigenvalue weighted by Gasteiger charge is 2.33. The molecule has 1 atom stereocenters. The van der Waals surface area contributed by atoms with Crippen molar-refractivity contribution < 1.29 is 21.6 Å². The first-order valence-electron chi connectivity index (χ1n) is 9.89. The van der Waals surface area contributed by atoms with Crippen LogP contribution in [0.2, 0.25) is 5.02 Å². The first-order valence-corrected chi connectivity index (χ1v) is 12.1. The highest BCUT2D eigenvalue weighted by Crippen LogP contribution is 2.32. The van der Waals surface area contributed by atoms with Gasteiger partial charge >= 0.3 is 6.18 Å². The Morgan fingerprint density at radius 2 is 1.59 bits per heavy atom. The van der Waals surface area contributed by atoms with Crippen LogP contribution in [0.1, 0.15) is 22.6 Å². The summed E-state index contributed by atoms with van der Waals surface area (Å²) in [6.07, 6.45) is -4.59. The van der Waals surface area contributed by atoms with Gasteiger partial charge in [-0.25, -0.2) is 5.01 Å². The lowest BCUT2D eigenvalue weighted by molar-refractivity contribution is -0.137. The van der Waals surface area contributed by atoms with E-state index in [2.05, 4.69) is 9.50 Å². The zero-order chi connectivity index (χ0) is 24.5. The van der Waals surface area contributed by atoms with E-state index in [1.165, 1.54) is 5.01 Å².